The second-order valence-corrected chi connectivity index (χ2v) is 12.0. The van der Waals surface area contributed by atoms with Gasteiger partial charge in [-0.2, -0.15) is 10.2 Å². The van der Waals surface area contributed by atoms with E-state index in [-0.39, 0.29) is 30.0 Å². The molecule has 0 saturated carbocycles. The van der Waals surface area contributed by atoms with Gasteiger partial charge in [-0.15, -0.1) is 10.2 Å². The summed E-state index contributed by atoms with van der Waals surface area (Å²) >= 11 is 0. The minimum absolute atomic E-state index is 0.0869. The number of piperazine rings is 1. The zero-order valence-electron chi connectivity index (χ0n) is 25.3. The lowest BCUT2D eigenvalue weighted by Crippen LogP contribution is -2.58. The van der Waals surface area contributed by atoms with Crippen LogP contribution in [0.15, 0.2) is 54.9 Å². The van der Waals surface area contributed by atoms with E-state index in [1.807, 2.05) is 47.7 Å². The average Bonchev–Trinajstić information content (AvgIpc) is 3.80. The van der Waals surface area contributed by atoms with E-state index in [0.29, 0.717) is 11.3 Å². The molecule has 10 nitrogen and oxygen atoms in total. The zero-order valence-corrected chi connectivity index (χ0v) is 25.3. The van der Waals surface area contributed by atoms with Gasteiger partial charge in [-0.25, -0.2) is 13.8 Å². The summed E-state index contributed by atoms with van der Waals surface area (Å²) in [6.45, 7) is 9.47. The van der Waals surface area contributed by atoms with Gasteiger partial charge >= 0.3 is 0 Å². The van der Waals surface area contributed by atoms with Crippen molar-refractivity contribution in [3.05, 3.63) is 83.2 Å². The number of hydrogen-bond donors (Lipinski definition) is 0. The molecular formula is C33H36FN9O. The maximum atomic E-state index is 14.0. The van der Waals surface area contributed by atoms with E-state index in [1.54, 1.807) is 6.33 Å². The smallest absolute Gasteiger partial charge is 0.258 e. The van der Waals surface area contributed by atoms with Crippen molar-refractivity contribution in [2.24, 2.45) is 0 Å². The quantitative estimate of drug-likeness (QED) is 0.259. The van der Waals surface area contributed by atoms with Gasteiger partial charge in [-0.3, -0.25) is 4.90 Å². The Balaban J connectivity index is 1.28. The first kappa shape index (κ1) is 28.4. The Kier molecular flexibility index (Phi) is 7.48. The number of aromatic nitrogens is 6. The molecule has 2 aliphatic rings. The fourth-order valence-electron chi connectivity index (χ4n) is 6.96. The van der Waals surface area contributed by atoms with Gasteiger partial charge in [0.1, 0.15) is 23.5 Å². The molecule has 0 aliphatic carbocycles. The van der Waals surface area contributed by atoms with Gasteiger partial charge in [0, 0.05) is 31.8 Å². The van der Waals surface area contributed by atoms with Gasteiger partial charge in [-0.1, -0.05) is 31.2 Å². The van der Waals surface area contributed by atoms with Gasteiger partial charge in [0.05, 0.1) is 30.3 Å². The number of halogens is 1. The lowest BCUT2D eigenvalue weighted by atomic mass is 9.92. The number of nitriles is 1. The maximum Gasteiger partial charge on any atom is 0.258 e. The van der Waals surface area contributed by atoms with Crippen LogP contribution in [-0.2, 0) is 11.3 Å². The topological polar surface area (TPSA) is 100 Å². The molecule has 3 aromatic heterocycles. The predicted octanol–water partition coefficient (Wildman–Crippen LogP) is 5.05. The summed E-state index contributed by atoms with van der Waals surface area (Å²) in [6.07, 6.45) is 4.88. The van der Waals surface area contributed by atoms with Crippen molar-refractivity contribution in [2.45, 2.75) is 70.8 Å². The molecule has 2 aliphatic heterocycles. The summed E-state index contributed by atoms with van der Waals surface area (Å²) in [5, 5.41) is 17.9. The average molecular weight is 594 g/mol. The summed E-state index contributed by atoms with van der Waals surface area (Å²) in [7, 11) is 0. The van der Waals surface area contributed by atoms with E-state index < -0.39 is 0 Å². The summed E-state index contributed by atoms with van der Waals surface area (Å²) in [5.74, 6) is 2.02. The Labute approximate surface area is 255 Å². The van der Waals surface area contributed by atoms with Crippen LogP contribution in [0.3, 0.4) is 0 Å². The van der Waals surface area contributed by atoms with E-state index in [9.17, 15) is 9.65 Å². The van der Waals surface area contributed by atoms with Crippen molar-refractivity contribution in [1.29, 1.82) is 5.26 Å². The Morgan fingerprint density at radius 1 is 1.07 bits per heavy atom. The van der Waals surface area contributed by atoms with Crippen molar-refractivity contribution in [3.8, 4) is 6.07 Å². The van der Waals surface area contributed by atoms with Crippen molar-refractivity contribution >= 4 is 22.8 Å². The summed E-state index contributed by atoms with van der Waals surface area (Å²) in [5.41, 5.74) is 4.48. The van der Waals surface area contributed by atoms with Crippen LogP contribution in [0, 0.1) is 24.1 Å². The van der Waals surface area contributed by atoms with Gasteiger partial charge in [0.25, 0.3) is 5.78 Å². The van der Waals surface area contributed by atoms with Crippen LogP contribution in [0.2, 0.25) is 0 Å². The first-order valence-corrected chi connectivity index (χ1v) is 15.4. The standard InChI is InChI=1S/C33H36FN9O/c1-4-27-18-40(21(2)17-42(27)30(25-11-13-26(34)14-12-25)24-9-7-23(16-35)8-10-24)31-29-32(43-20-36-39-33(43)38-31)41(22(3)37-29)19-28-6-5-15-44-28/h7-14,20-21,27-28,30H,4-6,15,17-19H2,1-3H3/t21-,27+,28-,30+/m0/s1. The van der Waals surface area contributed by atoms with E-state index in [0.717, 1.165) is 79.4 Å². The number of rotatable bonds is 7. The number of fused-ring (bicyclic) bond motifs is 3. The fraction of sp³-hybridized carbons (Fsp3) is 0.424. The van der Waals surface area contributed by atoms with E-state index in [4.69, 9.17) is 14.7 Å². The van der Waals surface area contributed by atoms with Gasteiger partial charge in [0.2, 0.25) is 0 Å². The first-order chi connectivity index (χ1) is 21.4. The summed E-state index contributed by atoms with van der Waals surface area (Å²) in [4.78, 5) is 15.0. The number of imidazole rings is 1. The van der Waals surface area contributed by atoms with Crippen LogP contribution in [0.1, 0.15) is 61.7 Å². The second-order valence-electron chi connectivity index (χ2n) is 12.0. The van der Waals surface area contributed by atoms with Gasteiger partial charge in [-0.05, 0) is 68.5 Å². The van der Waals surface area contributed by atoms with Crippen molar-refractivity contribution < 1.29 is 9.13 Å². The molecule has 11 heteroatoms. The normalized spacial score (nSPS) is 21.7. The van der Waals surface area contributed by atoms with Crippen LogP contribution >= 0.6 is 0 Å². The number of anilines is 1. The molecule has 5 heterocycles. The van der Waals surface area contributed by atoms with E-state index in [1.165, 1.54) is 12.1 Å². The first-order valence-electron chi connectivity index (χ1n) is 15.4. The molecule has 0 spiro atoms. The Bertz CT molecular complexity index is 1820. The monoisotopic (exact) mass is 593 g/mol. The Morgan fingerprint density at radius 2 is 1.82 bits per heavy atom. The van der Waals surface area contributed by atoms with Crippen LogP contribution in [0.5, 0.6) is 0 Å². The molecule has 4 atom stereocenters. The minimum atomic E-state index is -0.259. The highest BCUT2D eigenvalue weighted by Crippen LogP contribution is 2.37. The Hall–Kier alpha value is -4.40. The highest BCUT2D eigenvalue weighted by Gasteiger charge is 2.38. The molecule has 2 fully saturated rings. The van der Waals surface area contributed by atoms with Gasteiger partial charge in [0.15, 0.2) is 11.5 Å². The van der Waals surface area contributed by atoms with Crippen molar-refractivity contribution in [2.75, 3.05) is 24.6 Å². The number of benzene rings is 2. The molecule has 226 valence electrons. The molecule has 0 bridgehead atoms. The Morgan fingerprint density at radius 3 is 2.50 bits per heavy atom. The molecule has 44 heavy (non-hydrogen) atoms. The molecule has 2 aromatic carbocycles. The number of aryl methyl sites for hydroxylation is 1. The molecule has 0 unspecified atom stereocenters. The third-order valence-electron chi connectivity index (χ3n) is 9.22. The third kappa shape index (κ3) is 4.98. The largest absolute Gasteiger partial charge is 0.376 e. The molecule has 7 rings (SSSR count). The lowest BCUT2D eigenvalue weighted by molar-refractivity contribution is 0.0972. The number of ether oxygens (including phenoxy) is 1. The van der Waals surface area contributed by atoms with Crippen LogP contribution in [0.25, 0.3) is 16.9 Å². The zero-order chi connectivity index (χ0) is 30.4. The number of hydrogen-bond acceptors (Lipinski definition) is 8. The second kappa shape index (κ2) is 11.6. The summed E-state index contributed by atoms with van der Waals surface area (Å²) in [6, 6.07) is 16.9. The van der Waals surface area contributed by atoms with E-state index in [2.05, 4.69) is 44.5 Å². The highest BCUT2D eigenvalue weighted by atomic mass is 19.1. The third-order valence-corrected chi connectivity index (χ3v) is 9.22. The highest BCUT2D eigenvalue weighted by molar-refractivity contribution is 5.87. The van der Waals surface area contributed by atoms with Crippen LogP contribution < -0.4 is 4.90 Å². The predicted molar refractivity (Wildman–Crippen MR) is 165 cm³/mol. The van der Waals surface area contributed by atoms with Crippen molar-refractivity contribution in [1.82, 2.24) is 34.0 Å². The fourth-order valence-corrected chi connectivity index (χ4v) is 6.96. The summed E-state index contributed by atoms with van der Waals surface area (Å²) < 4.78 is 24.1. The van der Waals surface area contributed by atoms with Crippen molar-refractivity contribution in [3.63, 3.8) is 0 Å². The van der Waals surface area contributed by atoms with Gasteiger partial charge < -0.3 is 14.2 Å². The van der Waals surface area contributed by atoms with Crippen LogP contribution in [0.4, 0.5) is 10.2 Å². The number of nitrogens with zero attached hydrogens (tertiary/aromatic N) is 9. The lowest BCUT2D eigenvalue weighted by Gasteiger charge is -2.49. The molecule has 2 saturated heterocycles. The molecule has 5 aromatic rings. The molecule has 0 radical (unpaired) electrons. The molecular weight excluding hydrogens is 557 g/mol. The molecule has 0 N–H and O–H groups in total. The minimum Gasteiger partial charge on any atom is -0.376 e. The SMILES string of the molecule is CC[C@@H]1CN(c2nc3nncn3c3c2nc(C)n3C[C@@H]2CCCO2)[C@@H](C)CN1[C@@H](c1ccc(F)cc1)c1ccc(C#N)cc1. The molecule has 0 amide bonds. The van der Waals surface area contributed by atoms with E-state index >= 15 is 0 Å². The van der Waals surface area contributed by atoms with Crippen LogP contribution in [-0.4, -0.2) is 71.9 Å². The maximum absolute atomic E-state index is 14.0.